The third kappa shape index (κ3) is 2.71. The van der Waals surface area contributed by atoms with Gasteiger partial charge in [0.05, 0.1) is 23.7 Å². The average Bonchev–Trinajstić information content (AvgIpc) is 3.05. The second kappa shape index (κ2) is 6.62. The molecule has 132 valence electrons. The molecule has 0 aliphatic carbocycles. The summed E-state index contributed by atoms with van der Waals surface area (Å²) in [5.41, 5.74) is 0.971. The molecule has 0 aliphatic heterocycles. The number of fused-ring (bicyclic) bond motifs is 3. The molecule has 1 aromatic carbocycles. The van der Waals surface area contributed by atoms with Gasteiger partial charge < -0.3 is 4.74 Å². The van der Waals surface area contributed by atoms with E-state index in [1.165, 1.54) is 22.5 Å². The minimum atomic E-state index is -0.238. The molecule has 0 atom stereocenters. The zero-order valence-electron chi connectivity index (χ0n) is 14.0. The van der Waals surface area contributed by atoms with Crippen LogP contribution in [0.4, 0.5) is 0 Å². The Hall–Kier alpha value is -2.58. The Morgan fingerprint density at radius 3 is 2.92 bits per heavy atom. The molecular formula is C17H14ClN5O2S. The van der Waals surface area contributed by atoms with Gasteiger partial charge in [0.15, 0.2) is 0 Å². The molecule has 0 fully saturated rings. The van der Waals surface area contributed by atoms with E-state index < -0.39 is 0 Å². The zero-order chi connectivity index (χ0) is 18.3. The summed E-state index contributed by atoms with van der Waals surface area (Å²) >= 11 is 7.62. The van der Waals surface area contributed by atoms with E-state index in [9.17, 15) is 4.79 Å². The van der Waals surface area contributed by atoms with Gasteiger partial charge >= 0.3 is 0 Å². The number of ether oxygens (including phenoxy) is 1. The van der Waals surface area contributed by atoms with Crippen molar-refractivity contribution in [3.63, 3.8) is 0 Å². The van der Waals surface area contributed by atoms with Crippen molar-refractivity contribution in [2.75, 3.05) is 12.9 Å². The fraction of sp³-hybridized carbons (Fsp3) is 0.176. The van der Waals surface area contributed by atoms with E-state index in [2.05, 4.69) is 15.1 Å². The van der Waals surface area contributed by atoms with Gasteiger partial charge in [0, 0.05) is 17.4 Å². The lowest BCUT2D eigenvalue weighted by atomic mass is 10.2. The summed E-state index contributed by atoms with van der Waals surface area (Å²) in [6, 6.07) is 6.93. The molecule has 3 heterocycles. The highest BCUT2D eigenvalue weighted by atomic mass is 35.5. The molecule has 9 heteroatoms. The molecule has 4 aromatic rings. The van der Waals surface area contributed by atoms with Crippen LogP contribution in [-0.4, -0.2) is 37.0 Å². The molecule has 0 N–H and O–H groups in total. The first-order valence-electron chi connectivity index (χ1n) is 7.86. The molecule has 7 nitrogen and oxygen atoms in total. The van der Waals surface area contributed by atoms with Crippen molar-refractivity contribution in [1.82, 2.24) is 24.1 Å². The maximum atomic E-state index is 13.0. The molecule has 0 amide bonds. The van der Waals surface area contributed by atoms with E-state index in [-0.39, 0.29) is 5.56 Å². The lowest BCUT2D eigenvalue weighted by Crippen LogP contribution is -2.19. The predicted molar refractivity (Wildman–Crippen MR) is 102 cm³/mol. The Bertz CT molecular complexity index is 1190. The van der Waals surface area contributed by atoms with Gasteiger partial charge in [-0.2, -0.15) is 9.50 Å². The van der Waals surface area contributed by atoms with Crippen molar-refractivity contribution >= 4 is 40.0 Å². The number of hydrogen-bond acceptors (Lipinski definition) is 6. The number of benzene rings is 1. The Labute approximate surface area is 157 Å². The third-order valence-electron chi connectivity index (χ3n) is 3.89. The molecule has 4 rings (SSSR count). The minimum absolute atomic E-state index is 0.238. The quantitative estimate of drug-likeness (QED) is 0.500. The van der Waals surface area contributed by atoms with Gasteiger partial charge in [-0.15, -0.1) is 5.10 Å². The second-order valence-corrected chi connectivity index (χ2v) is 7.07. The number of aromatic nitrogens is 5. The standard InChI is InChI=1S/C17H14ClN5O2S/c1-3-26-17-20-16-19-9-11-12(23(16)21-17)6-7-22(15(11)24)13-8-10(18)4-5-14(13)25-2/h4-9H,3H2,1-2H3. The van der Waals surface area contributed by atoms with Crippen molar-refractivity contribution in [2.45, 2.75) is 12.1 Å². The predicted octanol–water partition coefficient (Wildman–Crippen LogP) is 3.20. The summed E-state index contributed by atoms with van der Waals surface area (Å²) in [6.07, 6.45) is 3.20. The van der Waals surface area contributed by atoms with Gasteiger partial charge in [0.1, 0.15) is 5.75 Å². The van der Waals surface area contributed by atoms with E-state index in [1.54, 1.807) is 42.1 Å². The molecule has 0 saturated carbocycles. The van der Waals surface area contributed by atoms with Gasteiger partial charge in [0.2, 0.25) is 5.16 Å². The summed E-state index contributed by atoms with van der Waals surface area (Å²) in [4.78, 5) is 21.7. The molecule has 0 saturated heterocycles. The topological polar surface area (TPSA) is 74.3 Å². The minimum Gasteiger partial charge on any atom is -0.495 e. The first-order chi connectivity index (χ1) is 12.6. The number of nitrogens with zero attached hydrogens (tertiary/aromatic N) is 5. The van der Waals surface area contributed by atoms with Crippen LogP contribution in [0, 0.1) is 0 Å². The summed E-state index contributed by atoms with van der Waals surface area (Å²) in [7, 11) is 1.55. The first-order valence-corrected chi connectivity index (χ1v) is 9.22. The van der Waals surface area contributed by atoms with Gasteiger partial charge in [-0.05, 0) is 30.0 Å². The number of thioether (sulfide) groups is 1. The highest BCUT2D eigenvalue weighted by Crippen LogP contribution is 2.26. The Balaban J connectivity index is 1.97. The maximum absolute atomic E-state index is 13.0. The summed E-state index contributed by atoms with van der Waals surface area (Å²) in [6.45, 7) is 2.03. The molecule has 0 aliphatic rings. The fourth-order valence-corrected chi connectivity index (χ4v) is 3.44. The van der Waals surface area contributed by atoms with Crippen LogP contribution in [0.15, 0.2) is 46.6 Å². The van der Waals surface area contributed by atoms with Crippen molar-refractivity contribution in [3.05, 3.63) is 52.0 Å². The zero-order valence-corrected chi connectivity index (χ0v) is 15.6. The monoisotopic (exact) mass is 387 g/mol. The molecule has 3 aromatic heterocycles. The smallest absolute Gasteiger partial charge is 0.266 e. The molecule has 26 heavy (non-hydrogen) atoms. The normalized spacial score (nSPS) is 11.3. The Kier molecular flexibility index (Phi) is 4.29. The number of halogens is 1. The highest BCUT2D eigenvalue weighted by Gasteiger charge is 2.14. The first kappa shape index (κ1) is 16.9. The van der Waals surface area contributed by atoms with Crippen LogP contribution in [0.5, 0.6) is 5.75 Å². The lowest BCUT2D eigenvalue weighted by molar-refractivity contribution is 0.412. The second-order valence-electron chi connectivity index (χ2n) is 5.40. The molecule has 0 unspecified atom stereocenters. The van der Waals surface area contributed by atoms with Crippen LogP contribution < -0.4 is 10.3 Å². The molecule has 0 bridgehead atoms. The van der Waals surface area contributed by atoms with Crippen LogP contribution in [-0.2, 0) is 0 Å². The maximum Gasteiger partial charge on any atom is 0.266 e. The van der Waals surface area contributed by atoms with Gasteiger partial charge in [-0.25, -0.2) is 4.98 Å². The van der Waals surface area contributed by atoms with Crippen LogP contribution in [0.2, 0.25) is 5.02 Å². The van der Waals surface area contributed by atoms with E-state index in [4.69, 9.17) is 16.3 Å². The number of hydrogen-bond donors (Lipinski definition) is 0. The summed E-state index contributed by atoms with van der Waals surface area (Å²) in [5.74, 6) is 1.87. The Morgan fingerprint density at radius 1 is 1.31 bits per heavy atom. The average molecular weight is 388 g/mol. The van der Waals surface area contributed by atoms with Crippen molar-refractivity contribution < 1.29 is 4.74 Å². The largest absolute Gasteiger partial charge is 0.495 e. The molecule has 0 radical (unpaired) electrons. The van der Waals surface area contributed by atoms with Crippen LogP contribution >= 0.6 is 23.4 Å². The summed E-state index contributed by atoms with van der Waals surface area (Å²) < 4.78 is 8.43. The summed E-state index contributed by atoms with van der Waals surface area (Å²) in [5, 5.41) is 6.01. The molecular weight excluding hydrogens is 374 g/mol. The SMILES string of the molecule is CCSc1nc2ncc3c(=O)n(-c4cc(Cl)ccc4OC)ccc3n2n1. The highest BCUT2D eigenvalue weighted by molar-refractivity contribution is 7.99. The Morgan fingerprint density at radius 2 is 2.15 bits per heavy atom. The van der Waals surface area contributed by atoms with E-state index in [1.807, 2.05) is 6.92 Å². The van der Waals surface area contributed by atoms with Crippen LogP contribution in [0.3, 0.4) is 0 Å². The van der Waals surface area contributed by atoms with Crippen molar-refractivity contribution in [3.8, 4) is 11.4 Å². The third-order valence-corrected chi connectivity index (χ3v) is 4.84. The number of pyridine rings is 1. The number of methoxy groups -OCH3 is 1. The van der Waals surface area contributed by atoms with Gasteiger partial charge in [0.25, 0.3) is 11.3 Å². The van der Waals surface area contributed by atoms with E-state index in [0.717, 1.165) is 5.75 Å². The van der Waals surface area contributed by atoms with Crippen molar-refractivity contribution in [2.24, 2.45) is 0 Å². The van der Waals surface area contributed by atoms with Gasteiger partial charge in [-0.3, -0.25) is 9.36 Å². The number of rotatable bonds is 4. The van der Waals surface area contributed by atoms with E-state index >= 15 is 0 Å². The van der Waals surface area contributed by atoms with Crippen molar-refractivity contribution in [1.29, 1.82) is 0 Å². The van der Waals surface area contributed by atoms with E-state index in [0.29, 0.717) is 38.3 Å². The lowest BCUT2D eigenvalue weighted by Gasteiger charge is -2.12. The van der Waals surface area contributed by atoms with Gasteiger partial charge in [-0.1, -0.05) is 30.3 Å². The molecule has 0 spiro atoms. The van der Waals surface area contributed by atoms with Crippen LogP contribution in [0.25, 0.3) is 22.4 Å². The van der Waals surface area contributed by atoms with Crippen LogP contribution in [0.1, 0.15) is 6.92 Å². The fourth-order valence-electron chi connectivity index (χ4n) is 2.73.